The summed E-state index contributed by atoms with van der Waals surface area (Å²) < 4.78 is 15.1. The molecule has 10 nitrogen and oxygen atoms in total. The van der Waals surface area contributed by atoms with E-state index in [0.29, 0.717) is 0 Å². The number of hydrogen-bond acceptors (Lipinski definition) is 8. The van der Waals surface area contributed by atoms with Crippen LogP contribution in [0.1, 0.15) is 10.4 Å². The molecule has 12 heteroatoms. The average molecular weight is 466 g/mol. The van der Waals surface area contributed by atoms with Crippen LogP contribution >= 0.6 is 23.2 Å². The maximum absolute atomic E-state index is 12.3. The molecule has 0 atom stereocenters. The number of halogens is 2. The van der Waals surface area contributed by atoms with Gasteiger partial charge in [0.05, 0.1) is 22.1 Å². The Kier molecular flexibility index (Phi) is 6.73. The summed E-state index contributed by atoms with van der Waals surface area (Å²) >= 11 is 12.4. The number of rotatable bonds is 7. The Bertz CT molecular complexity index is 1130. The van der Waals surface area contributed by atoms with Crippen molar-refractivity contribution in [1.29, 1.82) is 0 Å². The molecule has 0 spiro atoms. The zero-order chi connectivity index (χ0) is 22.5. The van der Waals surface area contributed by atoms with E-state index in [4.69, 9.17) is 37.2 Å². The Morgan fingerprint density at radius 1 is 1.16 bits per heavy atom. The lowest BCUT2D eigenvalue weighted by molar-refractivity contribution is -0.384. The number of ether oxygens (including phenoxy) is 2. The van der Waals surface area contributed by atoms with Crippen LogP contribution in [0.25, 0.3) is 11.3 Å². The van der Waals surface area contributed by atoms with E-state index in [9.17, 15) is 19.7 Å². The van der Waals surface area contributed by atoms with E-state index < -0.39 is 23.4 Å². The highest BCUT2D eigenvalue weighted by Crippen LogP contribution is 2.38. The smallest absolute Gasteiger partial charge is 0.345 e. The van der Waals surface area contributed by atoms with Crippen LogP contribution in [0, 0.1) is 10.1 Å². The number of carbonyl (C=O) groups excluding carboxylic acids is 2. The fourth-order valence-electron chi connectivity index (χ4n) is 2.54. The van der Waals surface area contributed by atoms with Crippen molar-refractivity contribution in [2.75, 3.05) is 19.0 Å². The molecule has 1 N–H and O–H groups in total. The molecular weight excluding hydrogens is 453 g/mol. The van der Waals surface area contributed by atoms with Crippen molar-refractivity contribution in [1.82, 2.24) is 5.16 Å². The second-order valence-corrected chi connectivity index (χ2v) is 6.73. The second kappa shape index (κ2) is 9.45. The summed E-state index contributed by atoms with van der Waals surface area (Å²) in [5.74, 6) is -1.57. The number of esters is 1. The van der Waals surface area contributed by atoms with Crippen LogP contribution in [0.15, 0.2) is 47.0 Å². The van der Waals surface area contributed by atoms with Gasteiger partial charge in [0.15, 0.2) is 12.2 Å². The summed E-state index contributed by atoms with van der Waals surface area (Å²) in [6.45, 7) is -0.471. The maximum Gasteiger partial charge on any atom is 0.345 e. The molecule has 0 aliphatic carbocycles. The summed E-state index contributed by atoms with van der Waals surface area (Å²) in [6.07, 6.45) is 0. The van der Waals surface area contributed by atoms with Crippen molar-refractivity contribution in [3.05, 3.63) is 68.2 Å². The van der Waals surface area contributed by atoms with Gasteiger partial charge in [0.2, 0.25) is 5.88 Å². The standard InChI is InChI=1S/C19H13Cl2N3O7/c1-29-19(26)16-17(15-12(20)3-2-4-13(15)21)23-31-18(16)22-14(25)9-30-11-7-5-10(6-8-11)24(27)28/h2-8H,9H2,1H3,(H,22,25). The Morgan fingerprint density at radius 3 is 2.39 bits per heavy atom. The Labute approximate surface area is 184 Å². The van der Waals surface area contributed by atoms with Gasteiger partial charge in [-0.15, -0.1) is 0 Å². The molecule has 0 aliphatic heterocycles. The molecule has 2 aromatic carbocycles. The number of nitro groups is 1. The molecule has 1 amide bonds. The van der Waals surface area contributed by atoms with Gasteiger partial charge in [-0.3, -0.25) is 20.2 Å². The Hall–Kier alpha value is -3.63. The molecule has 1 aromatic heterocycles. The van der Waals surface area contributed by atoms with Crippen LogP contribution in [-0.4, -0.2) is 35.7 Å². The molecule has 31 heavy (non-hydrogen) atoms. The van der Waals surface area contributed by atoms with Gasteiger partial charge in [0.25, 0.3) is 11.6 Å². The second-order valence-electron chi connectivity index (χ2n) is 5.91. The van der Waals surface area contributed by atoms with E-state index in [1.165, 1.54) is 24.3 Å². The highest BCUT2D eigenvalue weighted by atomic mass is 35.5. The van der Waals surface area contributed by atoms with Crippen molar-refractivity contribution in [3.63, 3.8) is 0 Å². The van der Waals surface area contributed by atoms with Gasteiger partial charge in [-0.1, -0.05) is 34.4 Å². The minimum atomic E-state index is -0.834. The van der Waals surface area contributed by atoms with Crippen molar-refractivity contribution in [2.45, 2.75) is 0 Å². The number of nitrogens with zero attached hydrogens (tertiary/aromatic N) is 2. The number of benzene rings is 2. The number of methoxy groups -OCH3 is 1. The molecule has 0 fully saturated rings. The van der Waals surface area contributed by atoms with Crippen molar-refractivity contribution in [3.8, 4) is 17.0 Å². The molecule has 0 saturated heterocycles. The van der Waals surface area contributed by atoms with Crippen LogP contribution in [-0.2, 0) is 9.53 Å². The van der Waals surface area contributed by atoms with Gasteiger partial charge in [0, 0.05) is 17.7 Å². The molecule has 0 aliphatic rings. The summed E-state index contributed by atoms with van der Waals surface area (Å²) in [5.41, 5.74) is -0.0696. The lowest BCUT2D eigenvalue weighted by Crippen LogP contribution is -2.21. The van der Waals surface area contributed by atoms with Gasteiger partial charge in [-0.25, -0.2) is 4.79 Å². The minimum Gasteiger partial charge on any atom is -0.484 e. The third-order valence-corrected chi connectivity index (χ3v) is 4.58. The summed E-state index contributed by atoms with van der Waals surface area (Å²) in [7, 11) is 1.15. The number of amides is 1. The molecule has 0 saturated carbocycles. The largest absolute Gasteiger partial charge is 0.484 e. The quantitative estimate of drug-likeness (QED) is 0.308. The van der Waals surface area contributed by atoms with Crippen LogP contribution < -0.4 is 10.1 Å². The van der Waals surface area contributed by atoms with Crippen LogP contribution in [0.3, 0.4) is 0 Å². The highest BCUT2D eigenvalue weighted by Gasteiger charge is 2.28. The zero-order valence-electron chi connectivity index (χ0n) is 15.8. The van der Waals surface area contributed by atoms with E-state index in [1.807, 2.05) is 0 Å². The average Bonchev–Trinajstić information content (AvgIpc) is 3.14. The molecule has 0 radical (unpaired) electrons. The Morgan fingerprint density at radius 2 is 1.81 bits per heavy atom. The maximum atomic E-state index is 12.3. The van der Waals surface area contributed by atoms with Gasteiger partial charge in [-0.2, -0.15) is 0 Å². The normalized spacial score (nSPS) is 10.4. The van der Waals surface area contributed by atoms with E-state index in [-0.39, 0.29) is 44.2 Å². The molecule has 0 bridgehead atoms. The van der Waals surface area contributed by atoms with Crippen molar-refractivity contribution >= 4 is 46.6 Å². The third-order valence-electron chi connectivity index (χ3n) is 3.95. The van der Waals surface area contributed by atoms with Gasteiger partial charge >= 0.3 is 5.97 Å². The highest BCUT2D eigenvalue weighted by molar-refractivity contribution is 6.39. The van der Waals surface area contributed by atoms with E-state index in [2.05, 4.69) is 10.5 Å². The molecule has 160 valence electrons. The topological polar surface area (TPSA) is 134 Å². The van der Waals surface area contributed by atoms with Crippen molar-refractivity contribution < 1.29 is 28.5 Å². The Balaban J connectivity index is 1.79. The first kappa shape index (κ1) is 22.1. The summed E-state index contributed by atoms with van der Waals surface area (Å²) in [6, 6.07) is 9.87. The fraction of sp³-hybridized carbons (Fsp3) is 0.105. The predicted molar refractivity (Wildman–Crippen MR) is 111 cm³/mol. The van der Waals surface area contributed by atoms with Crippen LogP contribution in [0.5, 0.6) is 5.75 Å². The van der Waals surface area contributed by atoms with Crippen molar-refractivity contribution in [2.24, 2.45) is 0 Å². The SMILES string of the molecule is COC(=O)c1c(-c2c(Cl)cccc2Cl)noc1NC(=O)COc1ccc([N+](=O)[O-])cc1. The van der Waals surface area contributed by atoms with Crippen LogP contribution in [0.2, 0.25) is 10.0 Å². The first-order chi connectivity index (χ1) is 14.8. The van der Waals surface area contributed by atoms with E-state index in [0.717, 1.165) is 7.11 Å². The fourth-order valence-corrected chi connectivity index (χ4v) is 3.11. The number of carbonyl (C=O) groups is 2. The molecular formula is C19H13Cl2N3O7. The molecule has 1 heterocycles. The van der Waals surface area contributed by atoms with Gasteiger partial charge in [-0.05, 0) is 24.3 Å². The lowest BCUT2D eigenvalue weighted by atomic mass is 10.1. The van der Waals surface area contributed by atoms with Gasteiger partial charge in [0.1, 0.15) is 11.4 Å². The number of nitro benzene ring substituents is 1. The first-order valence-electron chi connectivity index (χ1n) is 8.51. The number of aromatic nitrogens is 1. The van der Waals surface area contributed by atoms with E-state index in [1.54, 1.807) is 18.2 Å². The number of hydrogen-bond donors (Lipinski definition) is 1. The molecule has 0 unspecified atom stereocenters. The first-order valence-corrected chi connectivity index (χ1v) is 9.27. The molecule has 3 rings (SSSR count). The number of nitrogens with one attached hydrogen (secondary N) is 1. The summed E-state index contributed by atoms with van der Waals surface area (Å²) in [4.78, 5) is 34.7. The lowest BCUT2D eigenvalue weighted by Gasteiger charge is -2.07. The van der Waals surface area contributed by atoms with E-state index >= 15 is 0 Å². The van der Waals surface area contributed by atoms with Crippen LogP contribution in [0.4, 0.5) is 11.6 Å². The number of non-ortho nitro benzene ring substituents is 1. The predicted octanol–water partition coefficient (Wildman–Crippen LogP) is 4.36. The molecule has 3 aromatic rings. The monoisotopic (exact) mass is 465 g/mol. The zero-order valence-corrected chi connectivity index (χ0v) is 17.3. The third kappa shape index (κ3) is 4.93. The number of anilines is 1. The minimum absolute atomic E-state index is 0.00552. The van der Waals surface area contributed by atoms with Gasteiger partial charge < -0.3 is 14.0 Å². The summed E-state index contributed by atoms with van der Waals surface area (Å²) in [5, 5.41) is 17.3.